The Hall–Kier alpha value is -2.53. The lowest BCUT2D eigenvalue weighted by Gasteiger charge is -2.19. The standard InChI is InChI=1S/C19H23N3O2/c1-13-5-4-6-17(22(3)20)16(13)12-24-18-8-7-15(11-14(18)2)19-21-9-10-23-19/h4-8,11H,9-10,12,20H2,1-3H3. The summed E-state index contributed by atoms with van der Waals surface area (Å²) in [5, 5.41) is 1.62. The van der Waals surface area contributed by atoms with E-state index in [4.69, 9.17) is 15.3 Å². The van der Waals surface area contributed by atoms with Crippen molar-refractivity contribution < 1.29 is 9.47 Å². The topological polar surface area (TPSA) is 60.1 Å². The summed E-state index contributed by atoms with van der Waals surface area (Å²) >= 11 is 0. The Morgan fingerprint density at radius 3 is 2.71 bits per heavy atom. The highest BCUT2D eigenvalue weighted by molar-refractivity contribution is 5.95. The molecule has 0 amide bonds. The number of benzene rings is 2. The summed E-state index contributed by atoms with van der Waals surface area (Å²) in [6.45, 7) is 5.96. The molecule has 0 unspecified atom stereocenters. The van der Waals surface area contributed by atoms with E-state index >= 15 is 0 Å². The van der Waals surface area contributed by atoms with Gasteiger partial charge in [0.25, 0.3) is 0 Å². The Kier molecular flexibility index (Phi) is 4.71. The van der Waals surface area contributed by atoms with Crippen LogP contribution < -0.4 is 15.6 Å². The van der Waals surface area contributed by atoms with Crippen molar-refractivity contribution >= 4 is 11.6 Å². The van der Waals surface area contributed by atoms with Crippen molar-refractivity contribution in [3.63, 3.8) is 0 Å². The zero-order valence-electron chi connectivity index (χ0n) is 14.4. The van der Waals surface area contributed by atoms with Crippen LogP contribution in [0.15, 0.2) is 41.4 Å². The molecule has 1 aliphatic heterocycles. The van der Waals surface area contributed by atoms with Gasteiger partial charge in [-0.15, -0.1) is 0 Å². The van der Waals surface area contributed by atoms with E-state index in [2.05, 4.69) is 18.0 Å². The minimum absolute atomic E-state index is 0.473. The van der Waals surface area contributed by atoms with Crippen LogP contribution in [0.5, 0.6) is 5.75 Å². The van der Waals surface area contributed by atoms with Gasteiger partial charge in [0.05, 0.1) is 12.2 Å². The lowest BCUT2D eigenvalue weighted by Crippen LogP contribution is -2.26. The van der Waals surface area contributed by atoms with Gasteiger partial charge in [0.2, 0.25) is 5.90 Å². The van der Waals surface area contributed by atoms with E-state index in [1.165, 1.54) is 0 Å². The molecule has 0 saturated carbocycles. The lowest BCUT2D eigenvalue weighted by molar-refractivity contribution is 0.303. The van der Waals surface area contributed by atoms with Crippen molar-refractivity contribution in [3.05, 3.63) is 58.7 Å². The van der Waals surface area contributed by atoms with Crippen molar-refractivity contribution in [2.75, 3.05) is 25.2 Å². The Morgan fingerprint density at radius 1 is 1.21 bits per heavy atom. The summed E-state index contributed by atoms with van der Waals surface area (Å²) in [5.41, 5.74) is 5.28. The van der Waals surface area contributed by atoms with Crippen LogP contribution in [0.3, 0.4) is 0 Å². The molecule has 1 aliphatic rings. The van der Waals surface area contributed by atoms with Crippen molar-refractivity contribution in [2.45, 2.75) is 20.5 Å². The van der Waals surface area contributed by atoms with Crippen LogP contribution in [0.4, 0.5) is 5.69 Å². The number of nitrogens with zero attached hydrogens (tertiary/aromatic N) is 2. The molecule has 2 aromatic carbocycles. The molecule has 2 aromatic rings. The molecule has 1 heterocycles. The zero-order chi connectivity index (χ0) is 17.1. The van der Waals surface area contributed by atoms with E-state index in [-0.39, 0.29) is 0 Å². The smallest absolute Gasteiger partial charge is 0.216 e. The summed E-state index contributed by atoms with van der Waals surface area (Å²) in [4.78, 5) is 4.35. The lowest BCUT2D eigenvalue weighted by atomic mass is 10.1. The summed E-state index contributed by atoms with van der Waals surface area (Å²) < 4.78 is 11.6. The van der Waals surface area contributed by atoms with Gasteiger partial charge in [-0.05, 0) is 49.2 Å². The predicted octanol–water partition coefficient (Wildman–Crippen LogP) is 2.97. The second-order valence-electron chi connectivity index (χ2n) is 5.99. The number of hydrogen-bond acceptors (Lipinski definition) is 5. The Bertz CT molecular complexity index is 769. The summed E-state index contributed by atoms with van der Waals surface area (Å²) in [7, 11) is 1.83. The molecule has 0 aromatic heterocycles. The van der Waals surface area contributed by atoms with E-state index in [0.29, 0.717) is 13.2 Å². The molecule has 3 rings (SSSR count). The van der Waals surface area contributed by atoms with Crippen molar-refractivity contribution in [1.82, 2.24) is 0 Å². The second kappa shape index (κ2) is 6.93. The number of aliphatic imine (C=N–C) groups is 1. The van der Waals surface area contributed by atoms with Crippen molar-refractivity contribution in [1.29, 1.82) is 0 Å². The Labute approximate surface area is 142 Å². The number of hydrogen-bond donors (Lipinski definition) is 1. The maximum atomic E-state index is 6.05. The highest BCUT2D eigenvalue weighted by Gasteiger charge is 2.13. The fourth-order valence-corrected chi connectivity index (χ4v) is 2.81. The number of ether oxygens (including phenoxy) is 2. The highest BCUT2D eigenvalue weighted by Crippen LogP contribution is 2.26. The van der Waals surface area contributed by atoms with E-state index < -0.39 is 0 Å². The van der Waals surface area contributed by atoms with Gasteiger partial charge in [-0.3, -0.25) is 0 Å². The van der Waals surface area contributed by atoms with Crippen LogP contribution in [0.2, 0.25) is 0 Å². The predicted molar refractivity (Wildman–Crippen MR) is 96.6 cm³/mol. The van der Waals surface area contributed by atoms with Gasteiger partial charge in [-0.2, -0.15) is 0 Å². The third-order valence-corrected chi connectivity index (χ3v) is 4.14. The number of nitrogens with two attached hydrogens (primary N) is 1. The van der Waals surface area contributed by atoms with Gasteiger partial charge in [0.1, 0.15) is 19.0 Å². The first kappa shape index (κ1) is 16.3. The molecule has 0 spiro atoms. The Balaban J connectivity index is 1.78. The molecule has 5 heteroatoms. The van der Waals surface area contributed by atoms with Crippen LogP contribution in [-0.4, -0.2) is 26.1 Å². The average Bonchev–Trinajstić information content (AvgIpc) is 3.08. The molecule has 5 nitrogen and oxygen atoms in total. The number of rotatable bonds is 5. The molecule has 0 saturated heterocycles. The van der Waals surface area contributed by atoms with Crippen LogP contribution in [-0.2, 0) is 11.3 Å². The molecule has 0 fully saturated rings. The second-order valence-corrected chi connectivity index (χ2v) is 5.99. The molecule has 0 aliphatic carbocycles. The summed E-state index contributed by atoms with van der Waals surface area (Å²) in [5.74, 6) is 7.49. The third kappa shape index (κ3) is 3.36. The number of anilines is 1. The van der Waals surface area contributed by atoms with E-state index in [1.807, 2.05) is 44.3 Å². The first-order valence-electron chi connectivity index (χ1n) is 8.04. The molecule has 24 heavy (non-hydrogen) atoms. The normalized spacial score (nSPS) is 13.4. The Morgan fingerprint density at radius 2 is 2.04 bits per heavy atom. The van der Waals surface area contributed by atoms with E-state index in [0.717, 1.165) is 46.1 Å². The van der Waals surface area contributed by atoms with Gasteiger partial charge in [-0.25, -0.2) is 10.8 Å². The molecular weight excluding hydrogens is 302 g/mol. The van der Waals surface area contributed by atoms with Gasteiger partial charge in [0.15, 0.2) is 0 Å². The summed E-state index contributed by atoms with van der Waals surface area (Å²) in [6, 6.07) is 12.1. The molecule has 126 valence electrons. The van der Waals surface area contributed by atoms with Gasteiger partial charge < -0.3 is 14.5 Å². The van der Waals surface area contributed by atoms with Crippen molar-refractivity contribution in [3.8, 4) is 5.75 Å². The molecular formula is C19H23N3O2. The maximum Gasteiger partial charge on any atom is 0.216 e. The van der Waals surface area contributed by atoms with Crippen LogP contribution in [0.25, 0.3) is 0 Å². The van der Waals surface area contributed by atoms with E-state index in [9.17, 15) is 0 Å². The maximum absolute atomic E-state index is 6.05. The highest BCUT2D eigenvalue weighted by atomic mass is 16.5. The monoisotopic (exact) mass is 325 g/mol. The van der Waals surface area contributed by atoms with Crippen LogP contribution in [0.1, 0.15) is 22.3 Å². The molecule has 0 radical (unpaired) electrons. The summed E-state index contributed by atoms with van der Waals surface area (Å²) in [6.07, 6.45) is 0. The SMILES string of the molecule is Cc1cc(C2=NCCO2)ccc1OCc1c(C)cccc1N(C)N. The fraction of sp³-hybridized carbons (Fsp3) is 0.316. The minimum Gasteiger partial charge on any atom is -0.489 e. The average molecular weight is 325 g/mol. The quantitative estimate of drug-likeness (QED) is 0.678. The number of hydrazine groups is 1. The molecule has 0 bridgehead atoms. The van der Waals surface area contributed by atoms with Gasteiger partial charge >= 0.3 is 0 Å². The van der Waals surface area contributed by atoms with Crippen LogP contribution in [0, 0.1) is 13.8 Å². The first-order valence-corrected chi connectivity index (χ1v) is 8.04. The van der Waals surface area contributed by atoms with Crippen molar-refractivity contribution in [2.24, 2.45) is 10.8 Å². The minimum atomic E-state index is 0.473. The van der Waals surface area contributed by atoms with Crippen LogP contribution >= 0.6 is 0 Å². The third-order valence-electron chi connectivity index (χ3n) is 4.14. The van der Waals surface area contributed by atoms with E-state index in [1.54, 1.807) is 5.01 Å². The number of aryl methyl sites for hydroxylation is 2. The fourth-order valence-electron chi connectivity index (χ4n) is 2.81. The largest absolute Gasteiger partial charge is 0.489 e. The van der Waals surface area contributed by atoms with Gasteiger partial charge in [-0.1, -0.05) is 12.1 Å². The molecule has 0 atom stereocenters. The molecule has 2 N–H and O–H groups in total. The first-order chi connectivity index (χ1) is 11.6. The zero-order valence-corrected chi connectivity index (χ0v) is 14.4. The van der Waals surface area contributed by atoms with Gasteiger partial charge in [0, 0.05) is 18.2 Å².